The average Bonchev–Trinajstić information content (AvgIpc) is 0.827. The van der Waals surface area contributed by atoms with Gasteiger partial charge in [0.15, 0.2) is 0 Å². The summed E-state index contributed by atoms with van der Waals surface area (Å²) in [6, 6.07) is 18.0. The smallest absolute Gasteiger partial charge is 0.274 e. The topological polar surface area (TPSA) is 210 Å². The van der Waals surface area contributed by atoms with Gasteiger partial charge in [0.1, 0.15) is 11.6 Å². The van der Waals surface area contributed by atoms with E-state index in [0.29, 0.717) is 46.2 Å². The molecule has 4 amide bonds. The summed E-state index contributed by atoms with van der Waals surface area (Å²) < 4.78 is 28.2. The molecule has 4 fully saturated rings. The van der Waals surface area contributed by atoms with Crippen molar-refractivity contribution in [2.24, 2.45) is 21.7 Å². The number of rotatable bonds is 20. The quantitative estimate of drug-likeness (QED) is 0.0236. The number of nitrogens with zero attached hydrogens (tertiary/aromatic N) is 4. The standard InChI is InChI=1S/C19H28N2O2.C18H26N2O2.2C17H23FN2O2.8C2H6.4Y/c1-5-19(6-2)7-9-21(10-8-19)13-16-11-15(4)17(12-14(16)3)18(22)20-23;1-4-18(5-2)8-10-20(11-9-18)13-16-7-6-15(12-14(16)3)17(21)19-22;2*1-3-17(4-2)7-9-20(10-8-17)12-14-6-5-13(11-15(14)18)16(21)19-22;8*1-2;;;;/h11-12,23H,1-2,5-10,13H2,3-4H3,(H,20,22);6-7,12,22H,1-2,4-5,8-11,13H2,3H3,(H,19,21);2*5-6,11,22H,1-4,7-10,12H2,(H,19,21);8*1-2H3;;;;/q4*-2;;;;;;;;;;;;. The first-order valence-electron chi connectivity index (χ1n) is 39.3. The van der Waals surface area contributed by atoms with Gasteiger partial charge in [0.2, 0.25) is 0 Å². The summed E-state index contributed by atoms with van der Waals surface area (Å²) in [5.41, 5.74) is 15.4. The Morgan fingerprint density at radius 2 is 0.532 bits per heavy atom. The molecule has 0 atom stereocenters. The largest absolute Gasteiger partial charge is 0.343 e. The van der Waals surface area contributed by atoms with Crippen molar-refractivity contribution in [3.05, 3.63) is 195 Å². The van der Waals surface area contributed by atoms with Gasteiger partial charge in [-0.05, 0) is 195 Å². The summed E-state index contributed by atoms with van der Waals surface area (Å²) in [6.45, 7) is 81.2. The van der Waals surface area contributed by atoms with Crippen molar-refractivity contribution in [1.82, 2.24) is 41.5 Å². The minimum atomic E-state index is -0.709. The van der Waals surface area contributed by atoms with Gasteiger partial charge < -0.3 is 55.4 Å². The summed E-state index contributed by atoms with van der Waals surface area (Å²) in [4.78, 5) is 54.9. The maximum atomic E-state index is 14.1. The van der Waals surface area contributed by atoms with E-state index in [4.69, 9.17) is 20.8 Å². The maximum absolute atomic E-state index is 14.1. The predicted molar refractivity (Wildman–Crippen MR) is 435 cm³/mol. The molecule has 8 rings (SSSR count). The Kier molecular flexibility index (Phi) is 81.5. The van der Waals surface area contributed by atoms with E-state index < -0.39 is 35.3 Å². The number of halogens is 2. The van der Waals surface area contributed by atoms with Crippen LogP contribution in [-0.2, 0) is 157 Å². The summed E-state index contributed by atoms with van der Waals surface area (Å²) >= 11 is 0. The van der Waals surface area contributed by atoms with Crippen LogP contribution < -0.4 is 21.9 Å². The SMILES string of the molecule is CC.CC.CC.CC.CC.CC.CC.CC.[CH2-]CC1(C[CH2-])CCN(Cc2cc(C)c(C(=O)NO)cc2C)CC1.[CH2-]CC1(C[CH2-])CCN(Cc2ccc(C(=O)NO)cc2C)CC1.[CH2-]CC1(C[CH2-])CCN(Cc2ccc(C(=O)NO)cc2F)CC1.[CH2-]CC1(C[CH2-])CCN(Cc2ccc(C(=O)NO)cc2F)CC1.[Y].[Y].[Y].[Y]. The zero-order chi connectivity index (χ0) is 81.5. The first-order chi connectivity index (χ1) is 50.5. The molecule has 4 aromatic rings. The van der Waals surface area contributed by atoms with Crippen LogP contribution in [0.3, 0.4) is 0 Å². The molecule has 0 saturated carbocycles. The van der Waals surface area contributed by atoms with Gasteiger partial charge in [-0.15, -0.1) is 0 Å². The number of nitrogens with one attached hydrogen (secondary N) is 4. The molecule has 16 nitrogen and oxygen atoms in total. The minimum Gasteiger partial charge on any atom is -0.343 e. The molecule has 4 aliphatic rings. The monoisotopic (exact) mass is 1830 g/mol. The molecule has 22 heteroatoms. The number of piperidine rings is 4. The van der Waals surface area contributed by atoms with Gasteiger partial charge in [0, 0.05) is 190 Å². The van der Waals surface area contributed by atoms with E-state index in [-0.39, 0.29) is 153 Å². The van der Waals surface area contributed by atoms with Crippen molar-refractivity contribution in [2.45, 2.75) is 260 Å². The summed E-state index contributed by atoms with van der Waals surface area (Å²) in [6.07, 6.45) is 16.2. The van der Waals surface area contributed by atoms with Gasteiger partial charge >= 0.3 is 0 Å². The van der Waals surface area contributed by atoms with Crippen molar-refractivity contribution in [1.29, 1.82) is 0 Å². The van der Waals surface area contributed by atoms with Crippen molar-refractivity contribution in [3.63, 3.8) is 0 Å². The van der Waals surface area contributed by atoms with E-state index >= 15 is 0 Å². The Balaban J connectivity index is -0.000000193. The molecule has 0 bridgehead atoms. The van der Waals surface area contributed by atoms with E-state index in [0.717, 1.165) is 197 Å². The van der Waals surface area contributed by atoms with Crippen LogP contribution in [0, 0.1) is 109 Å². The molecule has 0 aromatic heterocycles. The van der Waals surface area contributed by atoms with Crippen molar-refractivity contribution in [3.8, 4) is 0 Å². The molecular weight excluding hydrogens is 1680 g/mol. The van der Waals surface area contributed by atoms with Crippen LogP contribution in [0.4, 0.5) is 8.78 Å². The number of benzene rings is 4. The first kappa shape index (κ1) is 123. The van der Waals surface area contributed by atoms with Crippen LogP contribution in [0.25, 0.3) is 0 Å². The normalized spacial score (nSPS) is 15.2. The van der Waals surface area contributed by atoms with Crippen LogP contribution in [0.1, 0.15) is 294 Å². The fourth-order valence-corrected chi connectivity index (χ4v) is 12.4. The van der Waals surface area contributed by atoms with E-state index in [1.54, 1.807) is 29.2 Å². The second kappa shape index (κ2) is 72.0. The molecule has 4 aliphatic heterocycles. The van der Waals surface area contributed by atoms with E-state index in [2.05, 4.69) is 81.1 Å². The van der Waals surface area contributed by atoms with Crippen molar-refractivity contribution < 1.29 is 180 Å². The molecule has 0 aliphatic carbocycles. The minimum absolute atomic E-state index is 0. The summed E-state index contributed by atoms with van der Waals surface area (Å²) in [5.74, 6) is -3.19. The number of hydrogen-bond acceptors (Lipinski definition) is 12. The van der Waals surface area contributed by atoms with Crippen LogP contribution in [0.2, 0.25) is 0 Å². The molecule has 0 spiro atoms. The van der Waals surface area contributed by atoms with Crippen LogP contribution in [-0.4, -0.2) is 116 Å². The Labute approximate surface area is 765 Å². The molecule has 8 N–H and O–H groups in total. The molecule has 4 saturated heterocycles. The summed E-state index contributed by atoms with van der Waals surface area (Å²) in [5, 5.41) is 34.6. The first-order valence-corrected chi connectivity index (χ1v) is 39.3. The third-order valence-corrected chi connectivity index (χ3v) is 20.1. The fourth-order valence-electron chi connectivity index (χ4n) is 12.4. The Hall–Kier alpha value is -1.28. The van der Waals surface area contributed by atoms with Gasteiger partial charge in [-0.2, -0.15) is 51.4 Å². The molecule has 618 valence electrons. The second-order valence-electron chi connectivity index (χ2n) is 25.2. The number of hydrogen-bond donors (Lipinski definition) is 8. The van der Waals surface area contributed by atoms with Crippen LogP contribution >= 0.6 is 0 Å². The van der Waals surface area contributed by atoms with Gasteiger partial charge in [-0.25, -0.2) is 30.7 Å². The van der Waals surface area contributed by atoms with Crippen molar-refractivity contribution >= 4 is 23.6 Å². The van der Waals surface area contributed by atoms with Crippen molar-refractivity contribution in [2.75, 3.05) is 52.4 Å². The van der Waals surface area contributed by atoms with Crippen LogP contribution in [0.5, 0.6) is 0 Å². The van der Waals surface area contributed by atoms with E-state index in [9.17, 15) is 28.0 Å². The molecule has 109 heavy (non-hydrogen) atoms. The third kappa shape index (κ3) is 42.6. The molecule has 0 unspecified atom stereocenters. The molecular formula is C87H148F2N8O8Y4-8. The summed E-state index contributed by atoms with van der Waals surface area (Å²) in [7, 11) is 0. The van der Waals surface area contributed by atoms with Gasteiger partial charge in [-0.1, -0.05) is 157 Å². The van der Waals surface area contributed by atoms with Gasteiger partial charge in [-0.3, -0.25) is 59.6 Å². The number of likely N-dealkylation sites (tertiary alicyclic amines) is 4. The fraction of sp³-hybridized carbons (Fsp3) is 0.586. The van der Waals surface area contributed by atoms with E-state index in [1.807, 2.05) is 150 Å². The van der Waals surface area contributed by atoms with Crippen LogP contribution in [0.15, 0.2) is 66.7 Å². The Morgan fingerprint density at radius 1 is 0.321 bits per heavy atom. The molecule has 4 radical (unpaired) electrons. The average molecular weight is 1830 g/mol. The number of carbonyl (C=O) groups excluding carboxylic acids is 4. The predicted octanol–water partition coefficient (Wildman–Crippen LogP) is 20.7. The van der Waals surface area contributed by atoms with E-state index in [1.165, 1.54) is 34.2 Å². The second-order valence-corrected chi connectivity index (χ2v) is 25.2. The molecule has 4 heterocycles. The maximum Gasteiger partial charge on any atom is 0.274 e. The molecule has 4 aromatic carbocycles. The zero-order valence-corrected chi connectivity index (χ0v) is 82.9. The Bertz CT molecular complexity index is 2690. The number of amides is 4. The number of carbonyl (C=O) groups is 4. The zero-order valence-electron chi connectivity index (χ0n) is 71.6. The Morgan fingerprint density at radius 3 is 0.752 bits per heavy atom. The van der Waals surface area contributed by atoms with Gasteiger partial charge in [0.25, 0.3) is 23.6 Å². The number of hydroxylamine groups is 4. The number of aryl methyl sites for hydroxylation is 3. The third-order valence-electron chi connectivity index (χ3n) is 20.1. The van der Waals surface area contributed by atoms with Gasteiger partial charge in [0.05, 0.1) is 0 Å².